The van der Waals surface area contributed by atoms with Crippen LogP contribution < -0.4 is 4.90 Å². The smallest absolute Gasteiger partial charge is 0.323 e. The number of likely N-dealkylation sites (N-methyl/N-ethyl adjacent to an activating group) is 1. The van der Waals surface area contributed by atoms with Gasteiger partial charge >= 0.3 is 5.97 Å². The molecule has 86 valence electrons. The second-order valence-electron chi connectivity index (χ2n) is 3.48. The first kappa shape index (κ1) is 12.0. The number of nitrogens with zero attached hydrogens (tertiary/aromatic N) is 2. The van der Waals surface area contributed by atoms with E-state index < -0.39 is 10.9 Å². The molecule has 1 aromatic carbocycles. The molecule has 1 N–H and O–H groups in total. The number of carboxylic acid groups (broad SMARTS) is 1. The fourth-order valence-corrected chi connectivity index (χ4v) is 1.47. The monoisotopic (exact) mass is 224 g/mol. The van der Waals surface area contributed by atoms with Crippen LogP contribution in [0.2, 0.25) is 0 Å². The zero-order valence-electron chi connectivity index (χ0n) is 9.01. The molecule has 0 atom stereocenters. The van der Waals surface area contributed by atoms with E-state index in [1.165, 1.54) is 17.0 Å². The normalized spacial score (nSPS) is 9.88. The predicted octanol–water partition coefficient (Wildman–Crippen LogP) is 1.42. The number of rotatable bonds is 4. The summed E-state index contributed by atoms with van der Waals surface area (Å²) in [6.45, 7) is 1.57. The quantitative estimate of drug-likeness (QED) is 0.617. The summed E-state index contributed by atoms with van der Waals surface area (Å²) in [5, 5.41) is 19.1. The Morgan fingerprint density at radius 2 is 2.19 bits per heavy atom. The van der Waals surface area contributed by atoms with Crippen molar-refractivity contribution in [2.45, 2.75) is 6.92 Å². The third-order valence-electron chi connectivity index (χ3n) is 2.17. The van der Waals surface area contributed by atoms with E-state index in [2.05, 4.69) is 0 Å². The minimum atomic E-state index is -0.944. The molecule has 0 aliphatic rings. The van der Waals surface area contributed by atoms with Crippen LogP contribution in [0, 0.1) is 17.0 Å². The molecule has 0 aliphatic carbocycles. The molecule has 16 heavy (non-hydrogen) atoms. The Hall–Kier alpha value is -2.11. The predicted molar refractivity (Wildman–Crippen MR) is 58.7 cm³/mol. The molecule has 0 fully saturated rings. The standard InChI is InChI=1S/C10H12N2O4/c1-7-5-8(12(15)16)3-4-9(7)11(2)6-10(13)14/h3-5H,6H2,1-2H3,(H,13,14). The Balaban J connectivity index is 2.98. The molecule has 6 nitrogen and oxygen atoms in total. The van der Waals surface area contributed by atoms with E-state index in [1.54, 1.807) is 20.0 Å². The number of hydrogen-bond acceptors (Lipinski definition) is 4. The first-order chi connectivity index (χ1) is 7.41. The molecular weight excluding hydrogens is 212 g/mol. The van der Waals surface area contributed by atoms with Crippen molar-refractivity contribution in [1.29, 1.82) is 0 Å². The van der Waals surface area contributed by atoms with E-state index in [1.807, 2.05) is 0 Å². The van der Waals surface area contributed by atoms with E-state index in [0.29, 0.717) is 11.3 Å². The lowest BCUT2D eigenvalue weighted by Crippen LogP contribution is -2.25. The molecular formula is C10H12N2O4. The summed E-state index contributed by atoms with van der Waals surface area (Å²) in [6.07, 6.45) is 0. The topological polar surface area (TPSA) is 83.7 Å². The van der Waals surface area contributed by atoms with Crippen LogP contribution in [0.5, 0.6) is 0 Å². The Labute approximate surface area is 92.3 Å². The SMILES string of the molecule is Cc1cc([N+](=O)[O-])ccc1N(C)CC(=O)O. The van der Waals surface area contributed by atoms with Crippen LogP contribution >= 0.6 is 0 Å². The summed E-state index contributed by atoms with van der Waals surface area (Å²) < 4.78 is 0. The van der Waals surface area contributed by atoms with Crippen molar-refractivity contribution in [3.05, 3.63) is 33.9 Å². The maximum Gasteiger partial charge on any atom is 0.323 e. The van der Waals surface area contributed by atoms with Crippen LogP contribution in [-0.2, 0) is 4.79 Å². The van der Waals surface area contributed by atoms with E-state index in [9.17, 15) is 14.9 Å². The highest BCUT2D eigenvalue weighted by Gasteiger charge is 2.12. The lowest BCUT2D eigenvalue weighted by atomic mass is 10.1. The summed E-state index contributed by atoms with van der Waals surface area (Å²) in [5.41, 5.74) is 1.36. The number of aliphatic carboxylic acids is 1. The number of benzene rings is 1. The van der Waals surface area contributed by atoms with Crippen LogP contribution in [0.15, 0.2) is 18.2 Å². The van der Waals surface area contributed by atoms with Crippen LogP contribution in [-0.4, -0.2) is 29.6 Å². The van der Waals surface area contributed by atoms with Gasteiger partial charge in [-0.05, 0) is 18.6 Å². The molecule has 6 heteroatoms. The first-order valence-corrected chi connectivity index (χ1v) is 4.60. The molecule has 0 spiro atoms. The van der Waals surface area contributed by atoms with Crippen molar-refractivity contribution < 1.29 is 14.8 Å². The summed E-state index contributed by atoms with van der Waals surface area (Å²) in [4.78, 5) is 22.1. The van der Waals surface area contributed by atoms with Gasteiger partial charge in [0.15, 0.2) is 0 Å². The van der Waals surface area contributed by atoms with Crippen LogP contribution in [0.25, 0.3) is 0 Å². The van der Waals surface area contributed by atoms with Gasteiger partial charge < -0.3 is 10.0 Å². The highest BCUT2D eigenvalue weighted by molar-refractivity contribution is 5.74. The van der Waals surface area contributed by atoms with Gasteiger partial charge in [-0.1, -0.05) is 0 Å². The lowest BCUT2D eigenvalue weighted by Gasteiger charge is -2.18. The molecule has 0 bridgehead atoms. The second-order valence-corrected chi connectivity index (χ2v) is 3.48. The van der Waals surface area contributed by atoms with Crippen LogP contribution in [0.3, 0.4) is 0 Å². The van der Waals surface area contributed by atoms with Gasteiger partial charge in [-0.2, -0.15) is 0 Å². The van der Waals surface area contributed by atoms with Crippen molar-refractivity contribution in [1.82, 2.24) is 0 Å². The molecule has 1 aromatic rings. The van der Waals surface area contributed by atoms with Gasteiger partial charge in [0.25, 0.3) is 5.69 Å². The molecule has 0 saturated heterocycles. The number of nitro benzene ring substituents is 1. The van der Waals surface area contributed by atoms with Crippen LogP contribution in [0.1, 0.15) is 5.56 Å². The van der Waals surface area contributed by atoms with Gasteiger partial charge in [-0.15, -0.1) is 0 Å². The lowest BCUT2D eigenvalue weighted by molar-refractivity contribution is -0.384. The summed E-state index contributed by atoms with van der Waals surface area (Å²) in [5.74, 6) is -0.944. The number of hydrogen-bond donors (Lipinski definition) is 1. The van der Waals surface area contributed by atoms with E-state index >= 15 is 0 Å². The van der Waals surface area contributed by atoms with Crippen molar-refractivity contribution in [2.75, 3.05) is 18.5 Å². The number of carboxylic acids is 1. The molecule has 0 heterocycles. The first-order valence-electron chi connectivity index (χ1n) is 4.60. The third-order valence-corrected chi connectivity index (χ3v) is 2.17. The number of non-ortho nitro benzene ring substituents is 1. The number of nitro groups is 1. The molecule has 0 unspecified atom stereocenters. The van der Waals surface area contributed by atoms with Gasteiger partial charge in [0.1, 0.15) is 6.54 Å². The van der Waals surface area contributed by atoms with Gasteiger partial charge in [0, 0.05) is 24.9 Å². The summed E-state index contributed by atoms with van der Waals surface area (Å²) in [7, 11) is 1.63. The van der Waals surface area contributed by atoms with Crippen molar-refractivity contribution in [3.63, 3.8) is 0 Å². The van der Waals surface area contributed by atoms with E-state index in [-0.39, 0.29) is 12.2 Å². The zero-order chi connectivity index (χ0) is 12.3. The van der Waals surface area contributed by atoms with Gasteiger partial charge in [-0.3, -0.25) is 14.9 Å². The fraction of sp³-hybridized carbons (Fsp3) is 0.300. The molecule has 0 saturated carbocycles. The van der Waals surface area contributed by atoms with E-state index in [4.69, 9.17) is 5.11 Å². The number of anilines is 1. The minimum absolute atomic E-state index is 0.00461. The fourth-order valence-electron chi connectivity index (χ4n) is 1.47. The van der Waals surface area contributed by atoms with E-state index in [0.717, 1.165) is 0 Å². The second kappa shape index (κ2) is 4.61. The summed E-state index contributed by atoms with van der Waals surface area (Å²) in [6, 6.07) is 4.34. The average molecular weight is 224 g/mol. The van der Waals surface area contributed by atoms with Gasteiger partial charge in [0.2, 0.25) is 0 Å². The van der Waals surface area contributed by atoms with Crippen molar-refractivity contribution in [2.24, 2.45) is 0 Å². The average Bonchev–Trinajstić information content (AvgIpc) is 2.15. The number of carbonyl (C=O) groups is 1. The third kappa shape index (κ3) is 2.69. The molecule has 0 aromatic heterocycles. The maximum atomic E-state index is 10.5. The molecule has 0 amide bonds. The van der Waals surface area contributed by atoms with Crippen molar-refractivity contribution >= 4 is 17.3 Å². The Kier molecular flexibility index (Phi) is 3.44. The van der Waals surface area contributed by atoms with Gasteiger partial charge in [-0.25, -0.2) is 0 Å². The van der Waals surface area contributed by atoms with Crippen LogP contribution in [0.4, 0.5) is 11.4 Å². The van der Waals surface area contributed by atoms with Crippen molar-refractivity contribution in [3.8, 4) is 0 Å². The Bertz CT molecular complexity index is 431. The minimum Gasteiger partial charge on any atom is -0.480 e. The molecule has 1 rings (SSSR count). The summed E-state index contributed by atoms with van der Waals surface area (Å²) >= 11 is 0. The molecule has 0 aliphatic heterocycles. The highest BCUT2D eigenvalue weighted by atomic mass is 16.6. The zero-order valence-corrected chi connectivity index (χ0v) is 9.01. The maximum absolute atomic E-state index is 10.5. The largest absolute Gasteiger partial charge is 0.480 e. The van der Waals surface area contributed by atoms with Gasteiger partial charge in [0.05, 0.1) is 4.92 Å². The number of aryl methyl sites for hydroxylation is 1. The Morgan fingerprint density at radius 1 is 1.56 bits per heavy atom. The highest BCUT2D eigenvalue weighted by Crippen LogP contribution is 2.23. The Morgan fingerprint density at radius 3 is 2.62 bits per heavy atom. The molecule has 0 radical (unpaired) electrons.